The third-order valence-corrected chi connectivity index (χ3v) is 6.95. The van der Waals surface area contributed by atoms with Crippen molar-refractivity contribution in [3.05, 3.63) is 69.1 Å². The average Bonchev–Trinajstić information content (AvgIpc) is 3.34. The van der Waals surface area contributed by atoms with Crippen molar-refractivity contribution >= 4 is 33.0 Å². The van der Waals surface area contributed by atoms with E-state index in [0.717, 1.165) is 29.5 Å². The van der Waals surface area contributed by atoms with Crippen molar-refractivity contribution in [1.82, 2.24) is 19.5 Å². The van der Waals surface area contributed by atoms with E-state index in [9.17, 15) is 9.59 Å². The molecule has 5 rings (SSSR count). The lowest BCUT2D eigenvalue weighted by Crippen LogP contribution is -2.41. The van der Waals surface area contributed by atoms with Crippen molar-refractivity contribution in [2.45, 2.75) is 51.6 Å². The summed E-state index contributed by atoms with van der Waals surface area (Å²) in [6, 6.07) is 11.5. The number of hydrogen-bond donors (Lipinski definition) is 1. The largest absolute Gasteiger partial charge is 0.347 e. The van der Waals surface area contributed by atoms with Crippen LogP contribution < -0.4 is 10.9 Å². The first-order chi connectivity index (χ1) is 14.6. The Labute approximate surface area is 178 Å². The van der Waals surface area contributed by atoms with E-state index in [1.54, 1.807) is 11.3 Å². The molecule has 0 bridgehead atoms. The van der Waals surface area contributed by atoms with Gasteiger partial charge in [-0.2, -0.15) is 5.10 Å². The molecule has 30 heavy (non-hydrogen) atoms. The van der Waals surface area contributed by atoms with Crippen molar-refractivity contribution in [2.75, 3.05) is 0 Å². The van der Waals surface area contributed by atoms with Gasteiger partial charge in [0, 0.05) is 0 Å². The molecule has 1 aliphatic carbocycles. The number of fused-ring (bicyclic) bond motifs is 4. The van der Waals surface area contributed by atoms with Crippen molar-refractivity contribution in [2.24, 2.45) is 0 Å². The normalized spacial score (nSPS) is 17.2. The highest BCUT2D eigenvalue weighted by atomic mass is 32.1. The molecule has 2 atom stereocenters. The molecule has 0 saturated carbocycles. The van der Waals surface area contributed by atoms with E-state index < -0.39 is 6.04 Å². The molecular formula is C23H24N4O2S. The van der Waals surface area contributed by atoms with E-state index in [4.69, 9.17) is 0 Å². The summed E-state index contributed by atoms with van der Waals surface area (Å²) in [6.07, 6.45) is 3.50. The van der Waals surface area contributed by atoms with Crippen LogP contribution in [0.1, 0.15) is 55.2 Å². The summed E-state index contributed by atoms with van der Waals surface area (Å²) in [5.74, 6) is 0.554. The lowest BCUT2D eigenvalue weighted by Gasteiger charge is -2.28. The lowest BCUT2D eigenvalue weighted by molar-refractivity contribution is -0.125. The highest BCUT2D eigenvalue weighted by molar-refractivity contribution is 7.17. The first kappa shape index (κ1) is 19.1. The molecule has 6 nitrogen and oxygen atoms in total. The average molecular weight is 421 g/mol. The van der Waals surface area contributed by atoms with Crippen LogP contribution in [0.2, 0.25) is 0 Å². The summed E-state index contributed by atoms with van der Waals surface area (Å²) in [5.41, 5.74) is 3.81. The predicted octanol–water partition coefficient (Wildman–Crippen LogP) is 4.16. The minimum absolute atomic E-state index is 0.0179. The highest BCUT2D eigenvalue weighted by Gasteiger charge is 2.28. The van der Waals surface area contributed by atoms with Crippen LogP contribution in [0, 0.1) is 6.92 Å². The fraction of sp³-hybridized carbons (Fsp3) is 0.348. The smallest absolute Gasteiger partial charge is 0.291 e. The Morgan fingerprint density at radius 3 is 2.97 bits per heavy atom. The summed E-state index contributed by atoms with van der Waals surface area (Å²) >= 11 is 1.60. The van der Waals surface area contributed by atoms with Gasteiger partial charge in [-0.3, -0.25) is 14.0 Å². The number of carbonyl (C=O) groups is 1. The minimum atomic E-state index is -0.636. The molecule has 1 N–H and O–H groups in total. The molecule has 7 heteroatoms. The van der Waals surface area contributed by atoms with Crippen molar-refractivity contribution in [1.29, 1.82) is 0 Å². The zero-order valence-electron chi connectivity index (χ0n) is 17.1. The molecule has 4 aromatic rings. The van der Waals surface area contributed by atoms with Gasteiger partial charge in [-0.05, 0) is 61.2 Å². The number of nitrogens with zero attached hydrogens (tertiary/aromatic N) is 3. The van der Waals surface area contributed by atoms with Crippen LogP contribution in [0.3, 0.4) is 0 Å². The molecule has 1 aromatic carbocycles. The molecule has 3 aromatic heterocycles. The molecule has 2 unspecified atom stereocenters. The SMILES string of the molecule is CCC(C(=O)NC1CCCc2ccccc21)n1nc(C)n2c(cc3sccc32)c1=O. The first-order valence-electron chi connectivity index (χ1n) is 10.4. The number of nitrogens with one attached hydrogen (secondary N) is 1. The Hall–Kier alpha value is -2.93. The van der Waals surface area contributed by atoms with E-state index in [1.807, 2.05) is 47.9 Å². The molecule has 3 heterocycles. The third-order valence-electron chi connectivity index (χ3n) is 6.10. The standard InChI is InChI=1S/C23H24N4O2S/c1-3-18(22(28)24-17-10-6-8-15-7-4-5-9-16(15)17)27-23(29)20-13-21-19(11-12-30-21)26(20)14(2)25-27/h4-5,7,9,11-13,17-18H,3,6,8,10H2,1-2H3,(H,24,28). The van der Waals surface area contributed by atoms with E-state index in [2.05, 4.69) is 22.5 Å². The van der Waals surface area contributed by atoms with E-state index in [-0.39, 0.29) is 17.5 Å². The van der Waals surface area contributed by atoms with Gasteiger partial charge < -0.3 is 5.32 Å². The molecule has 0 spiro atoms. The fourth-order valence-corrected chi connectivity index (χ4v) is 5.45. The van der Waals surface area contributed by atoms with Crippen LogP contribution >= 0.6 is 11.3 Å². The highest BCUT2D eigenvalue weighted by Crippen LogP contribution is 2.30. The van der Waals surface area contributed by atoms with Gasteiger partial charge in [-0.1, -0.05) is 31.2 Å². The summed E-state index contributed by atoms with van der Waals surface area (Å²) in [4.78, 5) is 26.5. The Balaban J connectivity index is 1.51. The lowest BCUT2D eigenvalue weighted by atomic mass is 9.87. The van der Waals surface area contributed by atoms with E-state index in [1.165, 1.54) is 15.8 Å². The van der Waals surface area contributed by atoms with Crippen LogP contribution in [0.15, 0.2) is 46.6 Å². The van der Waals surface area contributed by atoms with E-state index >= 15 is 0 Å². The number of carbonyl (C=O) groups excluding carboxylic acids is 1. The second kappa shape index (κ2) is 7.40. The van der Waals surface area contributed by atoms with Gasteiger partial charge in [0.25, 0.3) is 5.56 Å². The number of aromatic nitrogens is 3. The summed E-state index contributed by atoms with van der Waals surface area (Å²) in [6.45, 7) is 3.80. The van der Waals surface area contributed by atoms with Gasteiger partial charge in [0.2, 0.25) is 5.91 Å². The second-order valence-corrected chi connectivity index (χ2v) is 8.86. The minimum Gasteiger partial charge on any atom is -0.347 e. The number of rotatable bonds is 4. The summed E-state index contributed by atoms with van der Waals surface area (Å²) in [7, 11) is 0. The number of hydrogen-bond acceptors (Lipinski definition) is 4. The number of thiophene rings is 1. The maximum Gasteiger partial charge on any atom is 0.291 e. The van der Waals surface area contributed by atoms with Crippen molar-refractivity contribution in [3.63, 3.8) is 0 Å². The van der Waals surface area contributed by atoms with Gasteiger partial charge in [0.05, 0.1) is 16.3 Å². The zero-order valence-corrected chi connectivity index (χ0v) is 17.9. The van der Waals surface area contributed by atoms with Gasteiger partial charge >= 0.3 is 0 Å². The van der Waals surface area contributed by atoms with Gasteiger partial charge in [-0.25, -0.2) is 4.68 Å². The first-order valence-corrected chi connectivity index (χ1v) is 11.3. The number of benzene rings is 1. The topological polar surface area (TPSA) is 68.4 Å². The number of aryl methyl sites for hydroxylation is 2. The monoisotopic (exact) mass is 420 g/mol. The summed E-state index contributed by atoms with van der Waals surface area (Å²) < 4.78 is 4.30. The van der Waals surface area contributed by atoms with Crippen LogP contribution in [0.4, 0.5) is 0 Å². The van der Waals surface area contributed by atoms with Gasteiger partial charge in [0.15, 0.2) is 0 Å². The predicted molar refractivity (Wildman–Crippen MR) is 119 cm³/mol. The molecule has 154 valence electrons. The van der Waals surface area contributed by atoms with Crippen LogP contribution in [-0.4, -0.2) is 20.1 Å². The molecule has 0 radical (unpaired) electrons. The third kappa shape index (κ3) is 2.96. The van der Waals surface area contributed by atoms with Gasteiger partial charge in [-0.15, -0.1) is 11.3 Å². The maximum absolute atomic E-state index is 13.3. The van der Waals surface area contributed by atoms with Crippen LogP contribution in [0.25, 0.3) is 15.7 Å². The van der Waals surface area contributed by atoms with Crippen molar-refractivity contribution < 1.29 is 4.79 Å². The quantitative estimate of drug-likeness (QED) is 0.539. The number of amides is 1. The Bertz CT molecular complexity index is 1320. The Morgan fingerprint density at radius 2 is 2.13 bits per heavy atom. The van der Waals surface area contributed by atoms with Crippen LogP contribution in [-0.2, 0) is 11.2 Å². The molecule has 0 fully saturated rings. The van der Waals surface area contributed by atoms with Crippen LogP contribution in [0.5, 0.6) is 0 Å². The Morgan fingerprint density at radius 1 is 1.30 bits per heavy atom. The van der Waals surface area contributed by atoms with E-state index in [0.29, 0.717) is 17.8 Å². The molecular weight excluding hydrogens is 396 g/mol. The molecule has 1 aliphatic rings. The maximum atomic E-state index is 13.3. The Kier molecular flexibility index (Phi) is 4.70. The van der Waals surface area contributed by atoms with Gasteiger partial charge in [0.1, 0.15) is 17.4 Å². The zero-order chi connectivity index (χ0) is 20.8. The molecule has 0 saturated heterocycles. The summed E-state index contributed by atoms with van der Waals surface area (Å²) in [5, 5.41) is 9.75. The fourth-order valence-electron chi connectivity index (χ4n) is 4.65. The van der Waals surface area contributed by atoms with Crippen molar-refractivity contribution in [3.8, 4) is 0 Å². The second-order valence-electron chi connectivity index (χ2n) is 7.91. The molecule has 0 aliphatic heterocycles. The molecule has 1 amide bonds.